The Morgan fingerprint density at radius 2 is 2.00 bits per heavy atom. The van der Waals surface area contributed by atoms with E-state index >= 15 is 0 Å². The molecule has 0 spiro atoms. The third kappa shape index (κ3) is 4.50. The van der Waals surface area contributed by atoms with Crippen LogP contribution in [0.3, 0.4) is 0 Å². The molecule has 0 saturated carbocycles. The van der Waals surface area contributed by atoms with Crippen molar-refractivity contribution < 1.29 is 9.53 Å². The normalized spacial score (nSPS) is 20.9. The van der Waals surface area contributed by atoms with Crippen molar-refractivity contribution in [2.75, 3.05) is 6.54 Å². The predicted molar refractivity (Wildman–Crippen MR) is 66.4 cm³/mol. The van der Waals surface area contributed by atoms with Gasteiger partial charge in [0.05, 0.1) is 0 Å². The fraction of sp³-hybridized carbons (Fsp3) is 0.818. The molecular formula is C11H22N4O2. The second kappa shape index (κ2) is 5.25. The van der Waals surface area contributed by atoms with Crippen LogP contribution in [0.25, 0.3) is 0 Å². The second-order valence-electron chi connectivity index (χ2n) is 5.20. The predicted octanol–water partition coefficient (Wildman–Crippen LogP) is 1.01. The first-order valence-electron chi connectivity index (χ1n) is 5.88. The maximum Gasteiger partial charge on any atom is 0.412 e. The molecule has 1 aliphatic rings. The number of hydrogen-bond donors (Lipinski definition) is 2. The zero-order chi connectivity index (χ0) is 13.1. The maximum atomic E-state index is 12.0. The number of piperidine rings is 1. The third-order valence-electron chi connectivity index (χ3n) is 2.40. The van der Waals surface area contributed by atoms with Crippen molar-refractivity contribution in [3.63, 3.8) is 0 Å². The number of carbonyl (C=O) groups is 1. The number of amides is 1. The van der Waals surface area contributed by atoms with Gasteiger partial charge in [0.15, 0.2) is 5.96 Å². The minimum Gasteiger partial charge on any atom is -0.444 e. The highest BCUT2D eigenvalue weighted by Crippen LogP contribution is 2.20. The van der Waals surface area contributed by atoms with Gasteiger partial charge in [-0.25, -0.2) is 9.79 Å². The van der Waals surface area contributed by atoms with Crippen LogP contribution in [0.4, 0.5) is 4.79 Å². The van der Waals surface area contributed by atoms with Crippen LogP contribution >= 0.6 is 0 Å². The topological polar surface area (TPSA) is 93.9 Å². The quantitative estimate of drug-likeness (QED) is 0.530. The Labute approximate surface area is 102 Å². The molecule has 17 heavy (non-hydrogen) atoms. The van der Waals surface area contributed by atoms with Crippen molar-refractivity contribution >= 4 is 12.1 Å². The Hall–Kier alpha value is -1.46. The average molecular weight is 242 g/mol. The molecule has 0 radical (unpaired) electrons. The lowest BCUT2D eigenvalue weighted by Gasteiger charge is -2.34. The molecule has 0 aromatic rings. The van der Waals surface area contributed by atoms with E-state index in [9.17, 15) is 4.79 Å². The summed E-state index contributed by atoms with van der Waals surface area (Å²) in [6.45, 7) is 6.15. The van der Waals surface area contributed by atoms with E-state index in [1.54, 1.807) is 4.90 Å². The van der Waals surface area contributed by atoms with Gasteiger partial charge in [0.25, 0.3) is 0 Å². The summed E-state index contributed by atoms with van der Waals surface area (Å²) in [5.74, 6) is 0.00505. The summed E-state index contributed by atoms with van der Waals surface area (Å²) in [5, 5.41) is 0. The first-order valence-corrected chi connectivity index (χ1v) is 5.88. The Balaban J connectivity index is 2.71. The van der Waals surface area contributed by atoms with Crippen molar-refractivity contribution in [1.29, 1.82) is 0 Å². The second-order valence-corrected chi connectivity index (χ2v) is 5.20. The summed E-state index contributed by atoms with van der Waals surface area (Å²) in [6, 6.07) is 0. The van der Waals surface area contributed by atoms with Crippen molar-refractivity contribution in [1.82, 2.24) is 4.90 Å². The summed E-state index contributed by atoms with van der Waals surface area (Å²) >= 11 is 0. The number of aliphatic imine (C=N–C) groups is 1. The Bertz CT molecular complexity index is 305. The number of nitrogens with zero attached hydrogens (tertiary/aromatic N) is 2. The molecule has 0 aromatic carbocycles. The van der Waals surface area contributed by atoms with Crippen LogP contribution < -0.4 is 11.5 Å². The molecule has 6 heteroatoms. The molecule has 0 aromatic heterocycles. The number of guanidine groups is 1. The first-order chi connectivity index (χ1) is 7.79. The van der Waals surface area contributed by atoms with Gasteiger partial charge < -0.3 is 16.2 Å². The van der Waals surface area contributed by atoms with Gasteiger partial charge in [-0.3, -0.25) is 4.90 Å². The number of carbonyl (C=O) groups excluding carboxylic acids is 1. The summed E-state index contributed by atoms with van der Waals surface area (Å²) < 4.78 is 5.33. The Kier molecular flexibility index (Phi) is 4.20. The van der Waals surface area contributed by atoms with Gasteiger partial charge in [-0.15, -0.1) is 0 Å². The number of ether oxygens (including phenoxy) is 1. The largest absolute Gasteiger partial charge is 0.444 e. The van der Waals surface area contributed by atoms with Gasteiger partial charge in [-0.1, -0.05) is 0 Å². The molecule has 1 saturated heterocycles. The number of hydrogen-bond acceptors (Lipinski definition) is 3. The van der Waals surface area contributed by atoms with Crippen LogP contribution in [0.1, 0.15) is 40.0 Å². The highest BCUT2D eigenvalue weighted by molar-refractivity contribution is 5.76. The number of likely N-dealkylation sites (tertiary alicyclic amines) is 1. The average Bonchev–Trinajstić information content (AvgIpc) is 2.14. The summed E-state index contributed by atoms with van der Waals surface area (Å²) in [6.07, 6.45) is 2.10. The summed E-state index contributed by atoms with van der Waals surface area (Å²) in [7, 11) is 0. The van der Waals surface area contributed by atoms with Crippen LogP contribution in [0.5, 0.6) is 0 Å². The molecule has 0 bridgehead atoms. The van der Waals surface area contributed by atoms with E-state index in [-0.39, 0.29) is 18.2 Å². The fourth-order valence-electron chi connectivity index (χ4n) is 1.75. The lowest BCUT2D eigenvalue weighted by molar-refractivity contribution is 0.0110. The van der Waals surface area contributed by atoms with Crippen molar-refractivity contribution in [2.45, 2.75) is 51.8 Å². The van der Waals surface area contributed by atoms with E-state index in [1.807, 2.05) is 20.8 Å². The van der Waals surface area contributed by atoms with E-state index in [0.717, 1.165) is 19.3 Å². The zero-order valence-corrected chi connectivity index (χ0v) is 10.8. The molecule has 1 heterocycles. The Morgan fingerprint density at radius 3 is 2.53 bits per heavy atom. The van der Waals surface area contributed by atoms with Gasteiger partial charge in [0.2, 0.25) is 0 Å². The molecule has 6 nitrogen and oxygen atoms in total. The van der Waals surface area contributed by atoms with Gasteiger partial charge in [-0.05, 0) is 40.0 Å². The minimum atomic E-state index is -0.503. The highest BCUT2D eigenvalue weighted by atomic mass is 16.6. The van der Waals surface area contributed by atoms with Crippen molar-refractivity contribution in [2.24, 2.45) is 16.5 Å². The number of nitrogens with two attached hydrogens (primary N) is 2. The lowest BCUT2D eigenvalue weighted by atomic mass is 10.1. The van der Waals surface area contributed by atoms with E-state index in [0.29, 0.717) is 6.54 Å². The molecule has 1 unspecified atom stereocenters. The SMILES string of the molecule is CC(C)(C)OC(=O)N1CCCCC1N=C(N)N. The van der Waals surface area contributed by atoms with Crippen LogP contribution in [-0.4, -0.2) is 35.3 Å². The van der Waals surface area contributed by atoms with Gasteiger partial charge in [0, 0.05) is 6.54 Å². The maximum absolute atomic E-state index is 12.0. The molecule has 98 valence electrons. The molecular weight excluding hydrogens is 220 g/mol. The third-order valence-corrected chi connectivity index (χ3v) is 2.40. The van der Waals surface area contributed by atoms with Gasteiger partial charge in [0.1, 0.15) is 11.8 Å². The number of rotatable bonds is 1. The first kappa shape index (κ1) is 13.6. The fourth-order valence-corrected chi connectivity index (χ4v) is 1.75. The van der Waals surface area contributed by atoms with Crippen molar-refractivity contribution in [3.05, 3.63) is 0 Å². The lowest BCUT2D eigenvalue weighted by Crippen LogP contribution is -2.46. The summed E-state index contributed by atoms with van der Waals surface area (Å²) in [5.41, 5.74) is 10.2. The van der Waals surface area contributed by atoms with Crippen LogP contribution in [0, 0.1) is 0 Å². The van der Waals surface area contributed by atoms with E-state index in [4.69, 9.17) is 16.2 Å². The molecule has 1 fully saturated rings. The van der Waals surface area contributed by atoms with Gasteiger partial charge in [-0.2, -0.15) is 0 Å². The van der Waals surface area contributed by atoms with Crippen molar-refractivity contribution in [3.8, 4) is 0 Å². The molecule has 1 aliphatic heterocycles. The van der Waals surface area contributed by atoms with E-state index < -0.39 is 5.60 Å². The molecule has 1 atom stereocenters. The van der Waals surface area contributed by atoms with Crippen LogP contribution in [-0.2, 0) is 4.74 Å². The van der Waals surface area contributed by atoms with E-state index in [2.05, 4.69) is 4.99 Å². The smallest absolute Gasteiger partial charge is 0.412 e. The monoisotopic (exact) mass is 242 g/mol. The molecule has 1 rings (SSSR count). The van der Waals surface area contributed by atoms with Gasteiger partial charge >= 0.3 is 6.09 Å². The highest BCUT2D eigenvalue weighted by Gasteiger charge is 2.30. The summed E-state index contributed by atoms with van der Waals surface area (Å²) in [4.78, 5) is 17.6. The molecule has 0 aliphatic carbocycles. The zero-order valence-electron chi connectivity index (χ0n) is 10.8. The standard InChI is InChI=1S/C11H22N4O2/c1-11(2,3)17-10(16)15-7-5-4-6-8(15)14-9(12)13/h8H,4-7H2,1-3H3,(H4,12,13,14). The minimum absolute atomic E-state index is 0.00505. The Morgan fingerprint density at radius 1 is 1.35 bits per heavy atom. The molecule has 1 amide bonds. The molecule has 4 N–H and O–H groups in total. The van der Waals surface area contributed by atoms with E-state index in [1.165, 1.54) is 0 Å². The van der Waals surface area contributed by atoms with Crippen LogP contribution in [0.2, 0.25) is 0 Å². The van der Waals surface area contributed by atoms with Crippen LogP contribution in [0.15, 0.2) is 4.99 Å².